The predicted octanol–water partition coefficient (Wildman–Crippen LogP) is 2.53. The first-order valence-electron chi connectivity index (χ1n) is 7.99. The lowest BCUT2D eigenvalue weighted by atomic mass is 9.94. The molecular weight excluding hydrogens is 352 g/mol. The van der Waals surface area contributed by atoms with Gasteiger partial charge in [0.25, 0.3) is 0 Å². The van der Waals surface area contributed by atoms with Crippen molar-refractivity contribution < 1.29 is 33.1 Å². The molecule has 142 valence electrons. The van der Waals surface area contributed by atoms with Crippen molar-refractivity contribution in [3.8, 4) is 0 Å². The number of aliphatic carboxylic acids is 2. The van der Waals surface area contributed by atoms with Crippen molar-refractivity contribution in [2.24, 2.45) is 11.8 Å². The van der Waals surface area contributed by atoms with E-state index in [1.165, 1.54) is 0 Å². The van der Waals surface area contributed by atoms with Crippen LogP contribution in [0.2, 0.25) is 6.04 Å². The Balaban J connectivity index is 4.28. The van der Waals surface area contributed by atoms with E-state index in [9.17, 15) is 9.59 Å². The summed E-state index contributed by atoms with van der Waals surface area (Å²) in [5.41, 5.74) is 0. The third-order valence-electron chi connectivity index (χ3n) is 4.32. The quantitative estimate of drug-likeness (QED) is 0.313. The molecule has 0 saturated heterocycles. The summed E-state index contributed by atoms with van der Waals surface area (Å²) in [6.07, 6.45) is 2.19. The largest absolute Gasteiger partial charge is 0.500 e. The van der Waals surface area contributed by atoms with Crippen molar-refractivity contribution in [1.29, 1.82) is 0 Å². The number of carboxylic acid groups (broad SMARTS) is 2. The maximum atomic E-state index is 11.0. The normalized spacial score (nSPS) is 15.7. The summed E-state index contributed by atoms with van der Waals surface area (Å²) < 4.78 is 16.2. The Morgan fingerprint density at radius 1 is 1.04 bits per heavy atom. The smallest absolute Gasteiger partial charge is 0.481 e. The number of rotatable bonds is 14. The van der Waals surface area contributed by atoms with Gasteiger partial charge in [-0.05, 0) is 25.2 Å². The minimum absolute atomic E-state index is 0.0986. The third kappa shape index (κ3) is 8.47. The van der Waals surface area contributed by atoms with Crippen LogP contribution in [0.1, 0.15) is 39.0 Å². The van der Waals surface area contributed by atoms with Crippen LogP contribution in [-0.4, -0.2) is 57.5 Å². The van der Waals surface area contributed by atoms with Gasteiger partial charge in [0.2, 0.25) is 0 Å². The first-order valence-corrected chi connectivity index (χ1v) is 10.4. The van der Waals surface area contributed by atoms with Gasteiger partial charge in [-0.15, -0.1) is 0 Å². The lowest BCUT2D eigenvalue weighted by Crippen LogP contribution is -2.43. The highest BCUT2D eigenvalue weighted by molar-refractivity contribution is 7.81. The second-order valence-corrected chi connectivity index (χ2v) is 9.70. The zero-order valence-electron chi connectivity index (χ0n) is 14.9. The molecule has 0 aliphatic carbocycles. The molecule has 0 aliphatic heterocycles. The summed E-state index contributed by atoms with van der Waals surface area (Å²) in [5.74, 6) is -2.70. The molecule has 0 bridgehead atoms. The molecule has 2 N–H and O–H groups in total. The minimum atomic E-state index is -2.59. The number of hydrogen-bond donors (Lipinski definition) is 3. The molecule has 0 saturated carbocycles. The van der Waals surface area contributed by atoms with E-state index in [-0.39, 0.29) is 17.6 Å². The lowest BCUT2D eigenvalue weighted by molar-refractivity contribution is -0.148. The molecule has 0 radical (unpaired) electrons. The fourth-order valence-electron chi connectivity index (χ4n) is 2.53. The third-order valence-corrected chi connectivity index (χ3v) is 7.85. The van der Waals surface area contributed by atoms with Gasteiger partial charge in [-0.3, -0.25) is 9.59 Å². The van der Waals surface area contributed by atoms with E-state index >= 15 is 0 Å². The summed E-state index contributed by atoms with van der Waals surface area (Å²) in [7, 11) is 2.15. The average molecular weight is 383 g/mol. The second kappa shape index (κ2) is 11.9. The number of carboxylic acids is 2. The zero-order chi connectivity index (χ0) is 18.8. The van der Waals surface area contributed by atoms with Gasteiger partial charge in [0, 0.05) is 32.6 Å². The Bertz CT molecular complexity index is 382. The van der Waals surface area contributed by atoms with Gasteiger partial charge in [0.05, 0.1) is 12.3 Å². The molecule has 0 spiro atoms. The summed E-state index contributed by atoms with van der Waals surface area (Å²) in [4.78, 5) is 21.7. The summed E-state index contributed by atoms with van der Waals surface area (Å²) in [6, 6.07) is 0.686. The van der Waals surface area contributed by atoms with Crippen LogP contribution in [0.25, 0.3) is 0 Å². The Kier molecular flexibility index (Phi) is 11.6. The number of thiol groups is 1. The van der Waals surface area contributed by atoms with Crippen LogP contribution in [-0.2, 0) is 22.9 Å². The van der Waals surface area contributed by atoms with Gasteiger partial charge in [-0.1, -0.05) is 13.3 Å². The Hall–Kier alpha value is -0.613. The van der Waals surface area contributed by atoms with Crippen LogP contribution >= 0.6 is 12.6 Å². The van der Waals surface area contributed by atoms with Gasteiger partial charge in [-0.25, -0.2) is 0 Å². The molecule has 0 aromatic carbocycles. The van der Waals surface area contributed by atoms with Crippen molar-refractivity contribution in [3.05, 3.63) is 0 Å². The van der Waals surface area contributed by atoms with Crippen molar-refractivity contribution in [2.75, 3.05) is 21.3 Å². The number of carbonyl (C=O) groups is 2. The van der Waals surface area contributed by atoms with E-state index in [0.29, 0.717) is 18.9 Å². The van der Waals surface area contributed by atoms with Crippen molar-refractivity contribution in [2.45, 2.75) is 50.3 Å². The molecule has 0 aromatic heterocycles. The molecule has 0 fully saturated rings. The van der Waals surface area contributed by atoms with E-state index in [2.05, 4.69) is 19.6 Å². The fraction of sp³-hybridized carbons (Fsp3) is 0.867. The van der Waals surface area contributed by atoms with Gasteiger partial charge in [-0.2, -0.15) is 12.6 Å². The van der Waals surface area contributed by atoms with Crippen molar-refractivity contribution in [3.63, 3.8) is 0 Å². The molecule has 3 unspecified atom stereocenters. The monoisotopic (exact) mass is 382 g/mol. The highest BCUT2D eigenvalue weighted by Crippen LogP contribution is 2.26. The van der Waals surface area contributed by atoms with E-state index < -0.39 is 26.7 Å². The molecular formula is C15H30O7SSi. The van der Waals surface area contributed by atoms with Gasteiger partial charge < -0.3 is 23.5 Å². The average Bonchev–Trinajstić information content (AvgIpc) is 2.54. The topological polar surface area (TPSA) is 102 Å². The summed E-state index contributed by atoms with van der Waals surface area (Å²) >= 11 is 4.60. The van der Waals surface area contributed by atoms with Crippen LogP contribution in [0.5, 0.6) is 0 Å². The van der Waals surface area contributed by atoms with Gasteiger partial charge in [0.1, 0.15) is 0 Å². The Labute approximate surface area is 150 Å². The molecule has 0 rings (SSSR count). The molecule has 0 amide bonds. The summed E-state index contributed by atoms with van der Waals surface area (Å²) in [5, 5.41) is 17.9. The lowest BCUT2D eigenvalue weighted by Gasteiger charge is -2.27. The van der Waals surface area contributed by atoms with Crippen LogP contribution < -0.4 is 0 Å². The van der Waals surface area contributed by atoms with Crippen LogP contribution in [0.15, 0.2) is 0 Å². The van der Waals surface area contributed by atoms with Crippen molar-refractivity contribution >= 4 is 33.4 Å². The molecule has 0 aliphatic rings. The first-order chi connectivity index (χ1) is 11.2. The molecule has 24 heavy (non-hydrogen) atoms. The molecule has 7 nitrogen and oxygen atoms in total. The van der Waals surface area contributed by atoms with E-state index in [1.807, 2.05) is 0 Å². The van der Waals surface area contributed by atoms with Gasteiger partial charge in [0.15, 0.2) is 0 Å². The Morgan fingerprint density at radius 2 is 1.58 bits per heavy atom. The fourth-order valence-corrected chi connectivity index (χ4v) is 4.79. The number of hydrogen-bond acceptors (Lipinski definition) is 6. The second-order valence-electron chi connectivity index (χ2n) is 5.94. The highest BCUT2D eigenvalue weighted by atomic mass is 32.1. The van der Waals surface area contributed by atoms with Crippen LogP contribution in [0.4, 0.5) is 0 Å². The van der Waals surface area contributed by atoms with E-state index in [0.717, 1.165) is 12.8 Å². The van der Waals surface area contributed by atoms with Crippen LogP contribution in [0.3, 0.4) is 0 Å². The molecule has 0 aromatic rings. The molecule has 0 heterocycles. The molecule has 9 heteroatoms. The van der Waals surface area contributed by atoms with Crippen molar-refractivity contribution in [1.82, 2.24) is 0 Å². The first kappa shape index (κ1) is 23.4. The maximum absolute atomic E-state index is 11.0. The van der Waals surface area contributed by atoms with E-state index in [4.69, 9.17) is 23.5 Å². The zero-order valence-corrected chi connectivity index (χ0v) is 16.8. The maximum Gasteiger partial charge on any atom is 0.500 e. The van der Waals surface area contributed by atoms with Gasteiger partial charge >= 0.3 is 20.7 Å². The van der Waals surface area contributed by atoms with Crippen LogP contribution in [0, 0.1) is 11.8 Å². The molecule has 3 atom stereocenters. The Morgan fingerprint density at radius 3 is 2.00 bits per heavy atom. The predicted molar refractivity (Wildman–Crippen MR) is 95.4 cm³/mol. The highest BCUT2D eigenvalue weighted by Gasteiger charge is 2.38. The standard InChI is InChI=1S/C15H30O7SSi/c1-11(8-9-24(20-2,21-3)22-4)13(23)7-5-6-12(15(18)19)10-14(16)17/h11-13,23H,5-10H2,1-4H3,(H,16,17)(H,18,19). The SMILES string of the molecule is CO[Si](CCC(C)C(S)CCCC(CC(=O)O)C(=O)O)(OC)OC. The van der Waals surface area contributed by atoms with E-state index in [1.54, 1.807) is 21.3 Å². The summed E-state index contributed by atoms with van der Waals surface area (Å²) in [6.45, 7) is 2.07. The minimum Gasteiger partial charge on any atom is -0.481 e.